The van der Waals surface area contributed by atoms with E-state index in [4.69, 9.17) is 0 Å². The van der Waals surface area contributed by atoms with Gasteiger partial charge in [-0.05, 0) is 41.3 Å². The normalized spacial score (nSPS) is 20.3. The van der Waals surface area contributed by atoms with E-state index in [9.17, 15) is 13.2 Å². The maximum Gasteiger partial charge on any atom is 0.247 e. The van der Waals surface area contributed by atoms with Crippen molar-refractivity contribution in [2.24, 2.45) is 0 Å². The van der Waals surface area contributed by atoms with Gasteiger partial charge < -0.3 is 4.98 Å². The summed E-state index contributed by atoms with van der Waals surface area (Å²) in [6, 6.07) is 4.47. The van der Waals surface area contributed by atoms with Crippen molar-refractivity contribution in [3.8, 4) is 0 Å². The van der Waals surface area contributed by atoms with Crippen molar-refractivity contribution >= 4 is 21.4 Å². The van der Waals surface area contributed by atoms with E-state index in [1.54, 1.807) is 11.3 Å². The molecule has 1 unspecified atom stereocenters. The van der Waals surface area contributed by atoms with Gasteiger partial charge in [0, 0.05) is 18.8 Å². The summed E-state index contributed by atoms with van der Waals surface area (Å²) in [5.41, 5.74) is 0.736. The lowest BCUT2D eigenvalue weighted by molar-refractivity contribution is 0.397. The van der Waals surface area contributed by atoms with Crippen LogP contribution in [0.2, 0.25) is 0 Å². The summed E-state index contributed by atoms with van der Waals surface area (Å²) in [6.07, 6.45) is 2.95. The Morgan fingerprint density at radius 2 is 2.15 bits per heavy atom. The Morgan fingerprint density at radius 1 is 1.30 bits per heavy atom. The highest BCUT2D eigenvalue weighted by atomic mass is 32.2. The molecular formula is C13H14N2O3S2. The summed E-state index contributed by atoms with van der Waals surface area (Å²) in [5, 5.41) is 3.95. The van der Waals surface area contributed by atoms with E-state index in [0.717, 1.165) is 18.4 Å². The molecule has 3 heterocycles. The summed E-state index contributed by atoms with van der Waals surface area (Å²) < 4.78 is 26.8. The molecule has 0 radical (unpaired) electrons. The minimum atomic E-state index is -3.56. The first-order chi connectivity index (χ1) is 9.59. The first-order valence-electron chi connectivity index (χ1n) is 6.32. The quantitative estimate of drug-likeness (QED) is 0.942. The molecule has 1 aliphatic heterocycles. The van der Waals surface area contributed by atoms with Gasteiger partial charge in [0.25, 0.3) is 0 Å². The van der Waals surface area contributed by atoms with E-state index in [0.29, 0.717) is 6.54 Å². The standard InChI is InChI=1S/C13H14N2O3S2/c16-13-4-3-11(8-14-13)20(17,18)15-6-1-2-12(15)10-5-7-19-9-10/h3-5,7-9,12H,1-2,6H2,(H,14,16). The number of rotatable bonds is 3. The molecule has 2 aromatic rings. The number of thiophene rings is 1. The van der Waals surface area contributed by atoms with Gasteiger partial charge in [-0.1, -0.05) is 0 Å². The van der Waals surface area contributed by atoms with E-state index in [-0.39, 0.29) is 16.5 Å². The van der Waals surface area contributed by atoms with Crippen LogP contribution in [0.5, 0.6) is 0 Å². The summed E-state index contributed by atoms with van der Waals surface area (Å²) >= 11 is 1.57. The maximum absolute atomic E-state index is 12.7. The van der Waals surface area contributed by atoms with Gasteiger partial charge >= 0.3 is 0 Å². The average molecular weight is 310 g/mol. The molecule has 106 valence electrons. The average Bonchev–Trinajstić information content (AvgIpc) is 3.10. The van der Waals surface area contributed by atoms with Crippen molar-refractivity contribution in [3.05, 3.63) is 51.1 Å². The van der Waals surface area contributed by atoms with E-state index in [2.05, 4.69) is 4.98 Å². The monoisotopic (exact) mass is 310 g/mol. The fourth-order valence-electron chi connectivity index (χ4n) is 2.52. The number of aromatic amines is 1. The Labute approximate surface area is 120 Å². The van der Waals surface area contributed by atoms with Crippen molar-refractivity contribution in [2.75, 3.05) is 6.54 Å². The summed E-state index contributed by atoms with van der Waals surface area (Å²) in [6.45, 7) is 0.516. The number of sulfonamides is 1. The third kappa shape index (κ3) is 2.32. The van der Waals surface area contributed by atoms with Crippen LogP contribution in [-0.4, -0.2) is 24.3 Å². The second kappa shape index (κ2) is 5.16. The Balaban J connectivity index is 1.98. The SMILES string of the molecule is O=c1ccc(S(=O)(=O)N2CCCC2c2ccsc2)c[nH]1. The smallest absolute Gasteiger partial charge is 0.247 e. The zero-order valence-corrected chi connectivity index (χ0v) is 12.3. The van der Waals surface area contributed by atoms with Crippen LogP contribution in [0.3, 0.4) is 0 Å². The fraction of sp³-hybridized carbons (Fsp3) is 0.308. The molecule has 1 fully saturated rings. The Kier molecular flexibility index (Phi) is 3.49. The fourth-order valence-corrected chi connectivity index (χ4v) is 4.87. The van der Waals surface area contributed by atoms with Gasteiger partial charge in [0.1, 0.15) is 0 Å². The van der Waals surface area contributed by atoms with Crippen LogP contribution in [0.25, 0.3) is 0 Å². The first kappa shape index (κ1) is 13.5. The summed E-state index contributed by atoms with van der Waals surface area (Å²) in [5.74, 6) is 0. The second-order valence-corrected chi connectivity index (χ2v) is 7.39. The molecule has 0 bridgehead atoms. The number of aromatic nitrogens is 1. The van der Waals surface area contributed by atoms with Crippen molar-refractivity contribution in [3.63, 3.8) is 0 Å². The zero-order chi connectivity index (χ0) is 14.2. The predicted molar refractivity (Wildman–Crippen MR) is 77.2 cm³/mol. The highest BCUT2D eigenvalue weighted by Crippen LogP contribution is 2.36. The minimum Gasteiger partial charge on any atom is -0.328 e. The molecule has 7 heteroatoms. The molecule has 3 rings (SSSR count). The van der Waals surface area contributed by atoms with E-state index < -0.39 is 10.0 Å². The van der Waals surface area contributed by atoms with Crippen LogP contribution >= 0.6 is 11.3 Å². The van der Waals surface area contributed by atoms with Crippen LogP contribution in [0.15, 0.2) is 44.8 Å². The van der Waals surface area contributed by atoms with Gasteiger partial charge in [-0.15, -0.1) is 0 Å². The van der Waals surface area contributed by atoms with Gasteiger partial charge in [-0.3, -0.25) is 4.79 Å². The van der Waals surface area contributed by atoms with Gasteiger partial charge in [0.15, 0.2) is 0 Å². The number of nitrogens with one attached hydrogen (secondary N) is 1. The first-order valence-corrected chi connectivity index (χ1v) is 8.70. The van der Waals surface area contributed by atoms with Crippen molar-refractivity contribution in [1.29, 1.82) is 0 Å². The molecule has 1 saturated heterocycles. The molecule has 1 N–H and O–H groups in total. The van der Waals surface area contributed by atoms with Gasteiger partial charge in [0.2, 0.25) is 15.6 Å². The number of pyridine rings is 1. The molecule has 20 heavy (non-hydrogen) atoms. The molecule has 2 aromatic heterocycles. The second-order valence-electron chi connectivity index (χ2n) is 4.72. The predicted octanol–water partition coefficient (Wildman–Crippen LogP) is 1.96. The molecule has 0 aliphatic carbocycles. The van der Waals surface area contributed by atoms with Gasteiger partial charge in [-0.25, -0.2) is 8.42 Å². The molecule has 1 atom stereocenters. The zero-order valence-electron chi connectivity index (χ0n) is 10.7. The van der Waals surface area contributed by atoms with Crippen LogP contribution in [0.4, 0.5) is 0 Å². The third-order valence-electron chi connectivity index (χ3n) is 3.49. The molecule has 0 spiro atoms. The molecule has 1 aliphatic rings. The summed E-state index contributed by atoms with van der Waals surface area (Å²) in [7, 11) is -3.56. The van der Waals surface area contributed by atoms with Crippen molar-refractivity contribution in [2.45, 2.75) is 23.8 Å². The van der Waals surface area contributed by atoms with E-state index in [1.807, 2.05) is 16.8 Å². The number of nitrogens with zero attached hydrogens (tertiary/aromatic N) is 1. The maximum atomic E-state index is 12.7. The molecular weight excluding hydrogens is 296 g/mol. The van der Waals surface area contributed by atoms with Crippen molar-refractivity contribution < 1.29 is 8.42 Å². The Hall–Kier alpha value is -1.44. The topological polar surface area (TPSA) is 70.2 Å². The summed E-state index contributed by atoms with van der Waals surface area (Å²) in [4.78, 5) is 13.6. The molecule has 0 saturated carbocycles. The molecule has 5 nitrogen and oxygen atoms in total. The lowest BCUT2D eigenvalue weighted by Crippen LogP contribution is -2.30. The number of H-pyrrole nitrogens is 1. The van der Waals surface area contributed by atoms with Crippen LogP contribution in [-0.2, 0) is 10.0 Å². The van der Waals surface area contributed by atoms with E-state index >= 15 is 0 Å². The van der Waals surface area contributed by atoms with E-state index in [1.165, 1.54) is 22.6 Å². The minimum absolute atomic E-state index is 0.0989. The molecule has 0 amide bonds. The largest absolute Gasteiger partial charge is 0.328 e. The van der Waals surface area contributed by atoms with Crippen molar-refractivity contribution in [1.82, 2.24) is 9.29 Å². The highest BCUT2D eigenvalue weighted by Gasteiger charge is 2.36. The lowest BCUT2D eigenvalue weighted by Gasteiger charge is -2.23. The Morgan fingerprint density at radius 3 is 2.80 bits per heavy atom. The Bertz CT molecular complexity index is 730. The van der Waals surface area contributed by atoms with Gasteiger partial charge in [0.05, 0.1) is 10.9 Å². The van der Waals surface area contributed by atoms with Crippen LogP contribution in [0, 0.1) is 0 Å². The van der Waals surface area contributed by atoms with Gasteiger partial charge in [-0.2, -0.15) is 15.6 Å². The van der Waals surface area contributed by atoms with Crippen LogP contribution < -0.4 is 5.56 Å². The number of hydrogen-bond acceptors (Lipinski definition) is 4. The highest BCUT2D eigenvalue weighted by molar-refractivity contribution is 7.89. The number of hydrogen-bond donors (Lipinski definition) is 1. The third-order valence-corrected chi connectivity index (χ3v) is 6.10. The lowest BCUT2D eigenvalue weighted by atomic mass is 10.1. The van der Waals surface area contributed by atoms with Crippen LogP contribution in [0.1, 0.15) is 24.4 Å². The molecule has 0 aromatic carbocycles.